The molecule has 5 nitrogen and oxygen atoms in total. The molecule has 1 amide bonds. The molecule has 0 unspecified atom stereocenters. The average Bonchev–Trinajstić information content (AvgIpc) is 2.45. The number of rotatable bonds is 3. The number of H-pyrrole nitrogens is 1. The number of nitrogens with zero attached hydrogens (tertiary/aromatic N) is 1. The number of carbonyl (C=O) groups is 1. The van der Waals surface area contributed by atoms with E-state index in [0.717, 1.165) is 5.57 Å². The van der Waals surface area contributed by atoms with E-state index >= 15 is 0 Å². The first-order valence-electron chi connectivity index (χ1n) is 4.74. The maximum atomic E-state index is 11.6. The Hall–Kier alpha value is -1.78. The third-order valence-electron chi connectivity index (χ3n) is 1.98. The van der Waals surface area contributed by atoms with Gasteiger partial charge in [0.05, 0.1) is 0 Å². The predicted molar refractivity (Wildman–Crippen MR) is 59.5 cm³/mol. The Morgan fingerprint density at radius 3 is 2.73 bits per heavy atom. The Morgan fingerprint density at radius 2 is 2.27 bits per heavy atom. The van der Waals surface area contributed by atoms with Crippen LogP contribution in [0.1, 0.15) is 29.9 Å². The van der Waals surface area contributed by atoms with Crippen molar-refractivity contribution in [3.05, 3.63) is 22.9 Å². The molecule has 15 heavy (non-hydrogen) atoms. The quantitative estimate of drug-likeness (QED) is 0.648. The second-order valence-corrected chi connectivity index (χ2v) is 3.60. The largest absolute Gasteiger partial charge is 0.382 e. The Kier molecular flexibility index (Phi) is 3.49. The van der Waals surface area contributed by atoms with Crippen LogP contribution in [0.5, 0.6) is 0 Å². The number of anilines is 1. The second kappa shape index (κ2) is 4.63. The average molecular weight is 208 g/mol. The smallest absolute Gasteiger partial charge is 0.257 e. The standard InChI is InChI=1S/C10H16N4O/c1-6(2)4-5-12-10(15)8-7(3)13-14-9(8)11/h4H,5H2,1-3H3,(H,12,15)(H3,11,13,14). The van der Waals surface area contributed by atoms with E-state index in [1.807, 2.05) is 19.9 Å². The summed E-state index contributed by atoms with van der Waals surface area (Å²) in [5.74, 6) is 0.0402. The van der Waals surface area contributed by atoms with Crippen molar-refractivity contribution in [2.45, 2.75) is 20.8 Å². The molecule has 1 aromatic rings. The van der Waals surface area contributed by atoms with Gasteiger partial charge in [0.2, 0.25) is 0 Å². The van der Waals surface area contributed by atoms with Crippen molar-refractivity contribution in [3.63, 3.8) is 0 Å². The number of aryl methyl sites for hydroxylation is 1. The minimum absolute atomic E-state index is 0.198. The molecule has 0 aliphatic heterocycles. The number of amides is 1. The van der Waals surface area contributed by atoms with E-state index in [4.69, 9.17) is 5.73 Å². The predicted octanol–water partition coefficient (Wildman–Crippen LogP) is 0.996. The number of aromatic nitrogens is 2. The van der Waals surface area contributed by atoms with E-state index < -0.39 is 0 Å². The van der Waals surface area contributed by atoms with E-state index in [-0.39, 0.29) is 11.7 Å². The van der Waals surface area contributed by atoms with Gasteiger partial charge in [0.25, 0.3) is 5.91 Å². The van der Waals surface area contributed by atoms with Crippen molar-refractivity contribution in [2.75, 3.05) is 12.3 Å². The molecule has 0 radical (unpaired) electrons. The van der Waals surface area contributed by atoms with Crippen molar-refractivity contribution in [2.24, 2.45) is 0 Å². The van der Waals surface area contributed by atoms with E-state index in [2.05, 4.69) is 15.5 Å². The maximum Gasteiger partial charge on any atom is 0.257 e. The highest BCUT2D eigenvalue weighted by Crippen LogP contribution is 2.11. The maximum absolute atomic E-state index is 11.6. The molecule has 4 N–H and O–H groups in total. The first-order chi connectivity index (χ1) is 7.02. The van der Waals surface area contributed by atoms with Gasteiger partial charge in [-0.2, -0.15) is 5.10 Å². The lowest BCUT2D eigenvalue weighted by molar-refractivity contribution is 0.0958. The van der Waals surface area contributed by atoms with Crippen LogP contribution < -0.4 is 11.1 Å². The molecule has 0 aliphatic rings. The monoisotopic (exact) mass is 208 g/mol. The van der Waals surface area contributed by atoms with Gasteiger partial charge in [-0.3, -0.25) is 9.89 Å². The van der Waals surface area contributed by atoms with Gasteiger partial charge in [0.15, 0.2) is 5.82 Å². The Labute approximate surface area is 88.7 Å². The molecular formula is C10H16N4O. The highest BCUT2D eigenvalue weighted by Gasteiger charge is 2.14. The molecule has 1 aromatic heterocycles. The molecule has 0 saturated heterocycles. The molecule has 0 bridgehead atoms. The van der Waals surface area contributed by atoms with E-state index in [1.54, 1.807) is 6.92 Å². The molecule has 82 valence electrons. The molecule has 0 saturated carbocycles. The minimum atomic E-state index is -0.198. The summed E-state index contributed by atoms with van der Waals surface area (Å²) in [6, 6.07) is 0. The van der Waals surface area contributed by atoms with Crippen molar-refractivity contribution in [1.29, 1.82) is 0 Å². The first kappa shape index (κ1) is 11.3. The number of carbonyl (C=O) groups excluding carboxylic acids is 1. The summed E-state index contributed by atoms with van der Waals surface area (Å²) in [7, 11) is 0. The van der Waals surface area contributed by atoms with Gasteiger partial charge in [-0.05, 0) is 20.8 Å². The molecule has 5 heteroatoms. The van der Waals surface area contributed by atoms with Crippen molar-refractivity contribution >= 4 is 11.7 Å². The second-order valence-electron chi connectivity index (χ2n) is 3.60. The molecule has 0 atom stereocenters. The normalized spacial score (nSPS) is 9.80. The van der Waals surface area contributed by atoms with Crippen LogP contribution in [-0.4, -0.2) is 22.6 Å². The number of allylic oxidation sites excluding steroid dienone is 1. The van der Waals surface area contributed by atoms with Crippen LogP contribution in [0.2, 0.25) is 0 Å². The topological polar surface area (TPSA) is 83.8 Å². The van der Waals surface area contributed by atoms with E-state index in [9.17, 15) is 4.79 Å². The number of aromatic amines is 1. The molecule has 0 aliphatic carbocycles. The zero-order valence-electron chi connectivity index (χ0n) is 9.22. The van der Waals surface area contributed by atoms with Gasteiger partial charge in [-0.1, -0.05) is 11.6 Å². The van der Waals surface area contributed by atoms with Gasteiger partial charge in [0, 0.05) is 12.2 Å². The number of hydrogen-bond donors (Lipinski definition) is 3. The minimum Gasteiger partial charge on any atom is -0.382 e. The van der Waals surface area contributed by atoms with Crippen LogP contribution in [0.25, 0.3) is 0 Å². The van der Waals surface area contributed by atoms with Gasteiger partial charge in [-0.15, -0.1) is 0 Å². The van der Waals surface area contributed by atoms with Crippen LogP contribution in [0.15, 0.2) is 11.6 Å². The van der Waals surface area contributed by atoms with Crippen molar-refractivity contribution in [1.82, 2.24) is 15.5 Å². The fourth-order valence-electron chi connectivity index (χ4n) is 1.17. The summed E-state index contributed by atoms with van der Waals surface area (Å²) in [6.07, 6.45) is 1.93. The third kappa shape index (κ3) is 2.83. The Bertz CT molecular complexity index is 369. The Balaban J connectivity index is 2.66. The zero-order valence-corrected chi connectivity index (χ0v) is 9.22. The first-order valence-corrected chi connectivity index (χ1v) is 4.74. The lowest BCUT2D eigenvalue weighted by Gasteiger charge is -2.02. The number of nitrogens with two attached hydrogens (primary N) is 1. The van der Waals surface area contributed by atoms with E-state index in [1.165, 1.54) is 0 Å². The summed E-state index contributed by atoms with van der Waals surface area (Å²) in [6.45, 7) is 6.22. The van der Waals surface area contributed by atoms with Crippen molar-refractivity contribution < 1.29 is 4.79 Å². The van der Waals surface area contributed by atoms with Gasteiger partial charge in [-0.25, -0.2) is 0 Å². The highest BCUT2D eigenvalue weighted by molar-refractivity contribution is 5.99. The summed E-state index contributed by atoms with van der Waals surface area (Å²) in [4.78, 5) is 11.6. The highest BCUT2D eigenvalue weighted by atomic mass is 16.1. The molecular weight excluding hydrogens is 192 g/mol. The molecule has 0 aromatic carbocycles. The van der Waals surface area contributed by atoms with Gasteiger partial charge < -0.3 is 11.1 Å². The fraction of sp³-hybridized carbons (Fsp3) is 0.400. The summed E-state index contributed by atoms with van der Waals surface area (Å²) in [5, 5.41) is 9.17. The van der Waals surface area contributed by atoms with Crippen LogP contribution in [0.3, 0.4) is 0 Å². The van der Waals surface area contributed by atoms with Gasteiger partial charge in [0.1, 0.15) is 5.56 Å². The molecule has 1 rings (SSSR count). The zero-order chi connectivity index (χ0) is 11.4. The van der Waals surface area contributed by atoms with Gasteiger partial charge >= 0.3 is 0 Å². The van der Waals surface area contributed by atoms with Crippen molar-refractivity contribution in [3.8, 4) is 0 Å². The SMILES string of the molecule is CC(C)=CCNC(=O)c1c(N)n[nH]c1C. The molecule has 0 fully saturated rings. The Morgan fingerprint density at radius 1 is 1.60 bits per heavy atom. The summed E-state index contributed by atoms with van der Waals surface area (Å²) in [5.41, 5.74) is 7.83. The number of hydrogen-bond acceptors (Lipinski definition) is 3. The van der Waals surface area contributed by atoms with Crippen LogP contribution in [0.4, 0.5) is 5.82 Å². The summed E-state index contributed by atoms with van der Waals surface area (Å²) < 4.78 is 0. The lowest BCUT2D eigenvalue weighted by atomic mass is 10.2. The van der Waals surface area contributed by atoms with Crippen LogP contribution in [-0.2, 0) is 0 Å². The number of nitrogens with one attached hydrogen (secondary N) is 2. The van der Waals surface area contributed by atoms with Crippen LogP contribution in [0, 0.1) is 6.92 Å². The number of nitrogen functional groups attached to an aromatic ring is 1. The fourth-order valence-corrected chi connectivity index (χ4v) is 1.17. The lowest BCUT2D eigenvalue weighted by Crippen LogP contribution is -2.24. The molecule has 1 heterocycles. The summed E-state index contributed by atoms with van der Waals surface area (Å²) >= 11 is 0. The molecule has 0 spiro atoms. The van der Waals surface area contributed by atoms with Crippen LogP contribution >= 0.6 is 0 Å². The third-order valence-corrected chi connectivity index (χ3v) is 1.98. The van der Waals surface area contributed by atoms with E-state index in [0.29, 0.717) is 17.8 Å².